The third-order valence-corrected chi connectivity index (χ3v) is 9.23. The number of ether oxygens (including phenoxy) is 1. The molecule has 0 radical (unpaired) electrons. The van der Waals surface area contributed by atoms with Crippen molar-refractivity contribution >= 4 is 28.7 Å². The van der Waals surface area contributed by atoms with Gasteiger partial charge in [0.15, 0.2) is 12.1 Å². The topological polar surface area (TPSA) is 173 Å². The van der Waals surface area contributed by atoms with Crippen molar-refractivity contribution in [1.29, 1.82) is 0 Å². The summed E-state index contributed by atoms with van der Waals surface area (Å²) in [5, 5.41) is 31.7. The molecule has 0 unspecified atom stereocenters. The Bertz CT molecular complexity index is 2200. The predicted octanol–water partition coefficient (Wildman–Crippen LogP) is 3.86. The van der Waals surface area contributed by atoms with Gasteiger partial charge in [-0.3, -0.25) is 4.79 Å². The summed E-state index contributed by atoms with van der Waals surface area (Å²) < 4.78 is 7.98. The van der Waals surface area contributed by atoms with Crippen molar-refractivity contribution < 1.29 is 24.2 Å². The molecule has 1 aliphatic heterocycles. The molecule has 1 fully saturated rings. The molecule has 3 aromatic heterocycles. The molecule has 3 aromatic carbocycles. The number of esters is 1. The highest BCUT2D eigenvalue weighted by molar-refractivity contribution is 5.97. The Morgan fingerprint density at radius 2 is 1.51 bits per heavy atom. The third-order valence-electron chi connectivity index (χ3n) is 9.23. The van der Waals surface area contributed by atoms with Gasteiger partial charge in [-0.1, -0.05) is 58.5 Å². The zero-order valence-electron chi connectivity index (χ0n) is 28.2. The smallest absolute Gasteiger partial charge is 0.331 e. The second-order valence-electron chi connectivity index (χ2n) is 12.7. The van der Waals surface area contributed by atoms with E-state index in [0.717, 1.165) is 27.6 Å². The second-order valence-corrected chi connectivity index (χ2v) is 12.7. The number of aryl methyl sites for hydroxylation is 1. The molecule has 260 valence electrons. The summed E-state index contributed by atoms with van der Waals surface area (Å²) in [7, 11) is 1.34. The molecule has 7 rings (SSSR count). The van der Waals surface area contributed by atoms with Crippen LogP contribution in [0.2, 0.25) is 0 Å². The number of hydrogen-bond donors (Lipinski definition) is 3. The molecule has 0 aliphatic carbocycles. The van der Waals surface area contributed by atoms with Gasteiger partial charge in [-0.05, 0) is 42.3 Å². The van der Waals surface area contributed by atoms with E-state index in [1.54, 1.807) is 35.5 Å². The number of aromatic amines is 1. The first-order valence-corrected chi connectivity index (χ1v) is 16.7. The SMILES string of the molecule is COC(=O)[C@H](Cc1c[nH]c2ccccc12)n1cc(-c2cc(C(=O)N3CCNCC3)cc(-c3cn([C@@H](Cc4ccc(C)cc4)C(=O)O)nn3)c2)nn1. The molecule has 6 aromatic rings. The number of carboxylic acid groups (broad SMARTS) is 1. The number of benzene rings is 3. The van der Waals surface area contributed by atoms with Crippen molar-refractivity contribution in [3.05, 3.63) is 108 Å². The summed E-state index contributed by atoms with van der Waals surface area (Å²) in [5.41, 5.74) is 6.15. The van der Waals surface area contributed by atoms with E-state index >= 15 is 0 Å². The van der Waals surface area contributed by atoms with Gasteiger partial charge in [0, 0.05) is 72.8 Å². The molecular weight excluding hydrogens is 650 g/mol. The number of nitrogens with zero attached hydrogens (tertiary/aromatic N) is 7. The van der Waals surface area contributed by atoms with E-state index in [0.29, 0.717) is 60.7 Å². The molecule has 0 spiro atoms. The second kappa shape index (κ2) is 14.4. The lowest BCUT2D eigenvalue weighted by Gasteiger charge is -2.27. The molecule has 4 heterocycles. The van der Waals surface area contributed by atoms with Crippen LogP contribution >= 0.6 is 0 Å². The van der Waals surface area contributed by atoms with E-state index in [2.05, 4.69) is 30.9 Å². The lowest BCUT2D eigenvalue weighted by molar-refractivity contribution is -0.145. The van der Waals surface area contributed by atoms with E-state index in [1.807, 2.05) is 61.7 Å². The fourth-order valence-corrected chi connectivity index (χ4v) is 6.39. The molecule has 0 bridgehead atoms. The van der Waals surface area contributed by atoms with Crippen molar-refractivity contribution in [3.63, 3.8) is 0 Å². The van der Waals surface area contributed by atoms with Gasteiger partial charge in [0.1, 0.15) is 11.4 Å². The summed E-state index contributed by atoms with van der Waals surface area (Å²) in [6.07, 6.45) is 5.64. The number of methoxy groups -OCH3 is 1. The van der Waals surface area contributed by atoms with Crippen LogP contribution in [0.3, 0.4) is 0 Å². The number of fused-ring (bicyclic) bond motifs is 1. The normalized spacial score (nSPS) is 14.4. The van der Waals surface area contributed by atoms with E-state index < -0.39 is 24.0 Å². The molecule has 51 heavy (non-hydrogen) atoms. The minimum absolute atomic E-state index is 0.158. The van der Waals surface area contributed by atoms with Crippen molar-refractivity contribution in [1.82, 2.24) is 45.2 Å². The van der Waals surface area contributed by atoms with Crippen molar-refractivity contribution in [2.24, 2.45) is 0 Å². The quantitative estimate of drug-likeness (QED) is 0.170. The number of piperazine rings is 1. The summed E-state index contributed by atoms with van der Waals surface area (Å²) in [6, 6.07) is 19.0. The van der Waals surface area contributed by atoms with Crippen molar-refractivity contribution in [3.8, 4) is 22.5 Å². The average molecular weight is 688 g/mol. The number of nitrogens with one attached hydrogen (secondary N) is 2. The zero-order valence-corrected chi connectivity index (χ0v) is 28.2. The highest BCUT2D eigenvalue weighted by atomic mass is 16.5. The van der Waals surface area contributed by atoms with Crippen LogP contribution in [-0.2, 0) is 27.2 Å². The zero-order chi connectivity index (χ0) is 35.5. The van der Waals surface area contributed by atoms with E-state index in [4.69, 9.17) is 4.74 Å². The van der Waals surface area contributed by atoms with Crippen LogP contribution in [0.4, 0.5) is 0 Å². The highest BCUT2D eigenvalue weighted by Gasteiger charge is 2.27. The number of aromatic nitrogens is 7. The lowest BCUT2D eigenvalue weighted by atomic mass is 10.0. The largest absolute Gasteiger partial charge is 0.480 e. The maximum absolute atomic E-state index is 13.8. The average Bonchev–Trinajstić information content (AvgIpc) is 3.94. The standard InChI is InChI=1S/C37H37N9O5/c1-23-7-9-24(10-8-23)15-33(36(48)49)45-21-31(40-42-45)25-16-26(18-27(17-25)35(47)44-13-11-38-12-14-44)32-22-46(43-41-32)34(37(50)51-2)19-28-20-39-30-6-4-3-5-29(28)30/h3-10,16-18,20-22,33-34,38-39H,11-15,19H2,1-2H3,(H,48,49)/t33-,34-/m0/s1. The van der Waals surface area contributed by atoms with Crippen LogP contribution in [-0.4, -0.2) is 96.1 Å². The summed E-state index contributed by atoms with van der Waals surface area (Å²) in [6.45, 7) is 4.45. The number of aliphatic carboxylic acids is 1. The molecule has 0 saturated carbocycles. The van der Waals surface area contributed by atoms with Crippen LogP contribution in [0, 0.1) is 6.92 Å². The summed E-state index contributed by atoms with van der Waals surface area (Å²) in [4.78, 5) is 44.3. The predicted molar refractivity (Wildman–Crippen MR) is 188 cm³/mol. The third kappa shape index (κ3) is 7.12. The monoisotopic (exact) mass is 687 g/mol. The van der Waals surface area contributed by atoms with Crippen LogP contribution in [0.1, 0.15) is 39.1 Å². The lowest BCUT2D eigenvalue weighted by Crippen LogP contribution is -2.46. The number of carboxylic acids is 1. The molecule has 3 N–H and O–H groups in total. The number of para-hydroxylation sites is 1. The van der Waals surface area contributed by atoms with Gasteiger partial charge in [-0.15, -0.1) is 10.2 Å². The Labute approximate surface area is 293 Å². The molecule has 2 atom stereocenters. The van der Waals surface area contributed by atoms with E-state index in [-0.39, 0.29) is 12.3 Å². The number of amides is 1. The van der Waals surface area contributed by atoms with Crippen LogP contribution in [0.5, 0.6) is 0 Å². The fraction of sp³-hybridized carbons (Fsp3) is 0.270. The molecule has 1 aliphatic rings. The number of H-pyrrole nitrogens is 1. The van der Waals surface area contributed by atoms with Crippen LogP contribution in [0.15, 0.2) is 85.3 Å². The van der Waals surface area contributed by atoms with Crippen molar-refractivity contribution in [2.45, 2.75) is 31.8 Å². The highest BCUT2D eigenvalue weighted by Crippen LogP contribution is 2.30. The fourth-order valence-electron chi connectivity index (χ4n) is 6.39. The van der Waals surface area contributed by atoms with Crippen molar-refractivity contribution in [2.75, 3.05) is 33.3 Å². The minimum Gasteiger partial charge on any atom is -0.480 e. The number of carbonyl (C=O) groups is 3. The Balaban J connectivity index is 1.24. The maximum Gasteiger partial charge on any atom is 0.331 e. The van der Waals surface area contributed by atoms with Gasteiger partial charge < -0.3 is 25.0 Å². The van der Waals surface area contributed by atoms with E-state index in [1.165, 1.54) is 16.5 Å². The molecule has 14 nitrogen and oxygen atoms in total. The molecule has 1 saturated heterocycles. The Hall–Kier alpha value is -6.15. The van der Waals surface area contributed by atoms with Gasteiger partial charge in [-0.25, -0.2) is 19.0 Å². The van der Waals surface area contributed by atoms with Gasteiger partial charge in [0.05, 0.1) is 19.5 Å². The minimum atomic E-state index is -1.04. The molecule has 1 amide bonds. The van der Waals surface area contributed by atoms with Gasteiger partial charge in [0.25, 0.3) is 5.91 Å². The number of hydrogen-bond acceptors (Lipinski definition) is 9. The molecule has 14 heteroatoms. The number of carbonyl (C=O) groups excluding carboxylic acids is 2. The van der Waals surface area contributed by atoms with Gasteiger partial charge in [-0.2, -0.15) is 0 Å². The number of rotatable bonds is 11. The summed E-state index contributed by atoms with van der Waals surface area (Å²) >= 11 is 0. The Kier molecular flexibility index (Phi) is 9.40. The first-order chi connectivity index (χ1) is 24.8. The Morgan fingerprint density at radius 3 is 2.16 bits per heavy atom. The van der Waals surface area contributed by atoms with Gasteiger partial charge in [0.2, 0.25) is 0 Å². The maximum atomic E-state index is 13.8. The first kappa shape index (κ1) is 33.4. The first-order valence-electron chi connectivity index (χ1n) is 16.7. The molecular formula is C37H37N9O5. The van der Waals surface area contributed by atoms with E-state index in [9.17, 15) is 19.5 Å². The van der Waals surface area contributed by atoms with Crippen LogP contribution in [0.25, 0.3) is 33.4 Å². The van der Waals surface area contributed by atoms with Gasteiger partial charge >= 0.3 is 11.9 Å². The van der Waals surface area contributed by atoms with Crippen LogP contribution < -0.4 is 5.32 Å². The Morgan fingerprint density at radius 1 is 0.863 bits per heavy atom. The summed E-state index contributed by atoms with van der Waals surface area (Å²) in [5.74, 6) is -1.68.